The second-order valence-corrected chi connectivity index (χ2v) is 13.9. The molecule has 0 aromatic carbocycles. The Hall–Kier alpha value is -0.650. The maximum atomic E-state index is 13.7. The summed E-state index contributed by atoms with van der Waals surface area (Å²) >= 11 is 0. The molecule has 9 nitrogen and oxygen atoms in total. The van der Waals surface area contributed by atoms with E-state index in [9.17, 15) is 25.2 Å². The minimum absolute atomic E-state index is 0.0499. The van der Waals surface area contributed by atoms with Gasteiger partial charge in [0.25, 0.3) is 0 Å². The third-order valence-electron chi connectivity index (χ3n) is 10.1. The van der Waals surface area contributed by atoms with Crippen molar-refractivity contribution >= 4 is 5.78 Å². The number of hydrogen-bond donors (Lipinski definition) is 6. The van der Waals surface area contributed by atoms with Gasteiger partial charge in [-0.2, -0.15) is 0 Å². The molecule has 2 aliphatic carbocycles. The van der Waals surface area contributed by atoms with Crippen molar-refractivity contribution in [1.82, 2.24) is 0 Å². The van der Waals surface area contributed by atoms with Crippen molar-refractivity contribution < 1.29 is 40.0 Å². The summed E-state index contributed by atoms with van der Waals surface area (Å²) in [7, 11) is 1.64. The molecule has 41 heavy (non-hydrogen) atoms. The van der Waals surface area contributed by atoms with Crippen molar-refractivity contribution in [2.45, 2.75) is 147 Å². The molecular formula is C32H61N2O7+. The number of hydrogen-bond acceptors (Lipinski definition) is 8. The number of ether oxygens (including phenoxy) is 2. The Kier molecular flexibility index (Phi) is 15.0. The fourth-order valence-electron chi connectivity index (χ4n) is 7.49. The number of methoxy groups -OCH3 is 1. The summed E-state index contributed by atoms with van der Waals surface area (Å²) in [4.78, 5) is 13.7. The van der Waals surface area contributed by atoms with Gasteiger partial charge in [-0.3, -0.25) is 10.5 Å². The van der Waals surface area contributed by atoms with Crippen LogP contribution in [-0.4, -0.2) is 89.3 Å². The highest BCUT2D eigenvalue weighted by atomic mass is 16.5. The molecule has 1 saturated heterocycles. The van der Waals surface area contributed by atoms with Gasteiger partial charge in [0.1, 0.15) is 18.1 Å². The number of ketones is 1. The summed E-state index contributed by atoms with van der Waals surface area (Å²) in [5.74, 6) is 1.09. The molecule has 0 spiro atoms. The zero-order valence-corrected chi connectivity index (χ0v) is 25.9. The normalized spacial score (nSPS) is 36.3. The smallest absolute Gasteiger partial charge is 0.138 e. The van der Waals surface area contributed by atoms with Gasteiger partial charge < -0.3 is 35.2 Å². The molecule has 0 bridgehead atoms. The highest BCUT2D eigenvalue weighted by molar-refractivity contribution is 5.81. The Morgan fingerprint density at radius 3 is 2.39 bits per heavy atom. The predicted molar refractivity (Wildman–Crippen MR) is 158 cm³/mol. The van der Waals surface area contributed by atoms with Crippen LogP contribution in [0.25, 0.3) is 0 Å². The number of nitrogens with two attached hydrogens (primary N) is 2. The van der Waals surface area contributed by atoms with Crippen LogP contribution in [-0.2, 0) is 14.3 Å². The van der Waals surface area contributed by atoms with E-state index in [2.05, 4.69) is 19.2 Å². The van der Waals surface area contributed by atoms with E-state index < -0.39 is 36.4 Å². The third kappa shape index (κ3) is 11.4. The van der Waals surface area contributed by atoms with Gasteiger partial charge in [0.15, 0.2) is 0 Å². The van der Waals surface area contributed by atoms with Crippen LogP contribution in [0.5, 0.6) is 0 Å². The lowest BCUT2D eigenvalue weighted by Crippen LogP contribution is -2.94. The average Bonchev–Trinajstić information content (AvgIpc) is 2.94. The van der Waals surface area contributed by atoms with Crippen LogP contribution in [0.3, 0.4) is 0 Å². The van der Waals surface area contributed by atoms with E-state index >= 15 is 0 Å². The van der Waals surface area contributed by atoms with Gasteiger partial charge in [0.05, 0.1) is 37.1 Å². The molecule has 1 heterocycles. The zero-order chi connectivity index (χ0) is 29.9. The first-order valence-corrected chi connectivity index (χ1v) is 16.6. The van der Waals surface area contributed by atoms with Gasteiger partial charge in [-0.25, -0.2) is 0 Å². The van der Waals surface area contributed by atoms with Gasteiger partial charge in [-0.1, -0.05) is 13.8 Å². The van der Waals surface area contributed by atoms with Gasteiger partial charge in [0.2, 0.25) is 0 Å². The summed E-state index contributed by atoms with van der Waals surface area (Å²) in [6, 6.07) is 0. The largest absolute Gasteiger partial charge is 0.392 e. The number of rotatable bonds is 16. The number of aliphatic hydroxyl groups is 4. The summed E-state index contributed by atoms with van der Waals surface area (Å²) in [6.45, 7) is 5.87. The first-order chi connectivity index (χ1) is 19.6. The van der Waals surface area contributed by atoms with Crippen molar-refractivity contribution in [3.63, 3.8) is 0 Å². The molecule has 3 fully saturated rings. The Bertz CT molecular complexity index is 756. The fourth-order valence-corrected chi connectivity index (χ4v) is 7.49. The average molecular weight is 586 g/mol. The van der Waals surface area contributed by atoms with Gasteiger partial charge in [-0.15, -0.1) is 0 Å². The maximum Gasteiger partial charge on any atom is 0.138 e. The molecule has 1 aliphatic heterocycles. The third-order valence-corrected chi connectivity index (χ3v) is 10.1. The second-order valence-electron chi connectivity index (χ2n) is 13.9. The summed E-state index contributed by atoms with van der Waals surface area (Å²) in [5, 5.41) is 44.7. The summed E-state index contributed by atoms with van der Waals surface area (Å²) in [5.41, 5.74) is 6.21. The molecule has 0 aromatic heterocycles. The van der Waals surface area contributed by atoms with Crippen LogP contribution in [0.15, 0.2) is 0 Å². The lowest BCUT2D eigenvalue weighted by Gasteiger charge is -2.37. The molecule has 8 N–H and O–H groups in total. The van der Waals surface area contributed by atoms with Crippen molar-refractivity contribution in [2.75, 3.05) is 20.3 Å². The van der Waals surface area contributed by atoms with Crippen molar-refractivity contribution in [3.05, 3.63) is 0 Å². The van der Waals surface area contributed by atoms with Gasteiger partial charge in [-0.05, 0) is 101 Å². The SMILES string of the molecule is COC1CC(CC[C@@H](O)[C@@H](CC2CC[NH2+]C(N)C2)C(=O)CCC2CC(O)C(O)C(OCCCC(C)C)C2)CCC1O. The molecule has 0 amide bonds. The fraction of sp³-hybridized carbons (Fsp3) is 0.969. The second kappa shape index (κ2) is 17.6. The van der Waals surface area contributed by atoms with Crippen LogP contribution >= 0.6 is 0 Å². The number of piperidine rings is 1. The molecule has 3 aliphatic rings. The van der Waals surface area contributed by atoms with Gasteiger partial charge >= 0.3 is 0 Å². The minimum atomic E-state index is -0.888. The number of carbonyl (C=O) groups is 1. The van der Waals surface area contributed by atoms with Crippen LogP contribution in [0, 0.1) is 29.6 Å². The Balaban J connectivity index is 1.55. The molecule has 240 valence electrons. The maximum absolute atomic E-state index is 13.7. The summed E-state index contributed by atoms with van der Waals surface area (Å²) < 4.78 is 11.4. The number of aliphatic hydroxyl groups excluding tert-OH is 4. The highest BCUT2D eigenvalue weighted by Gasteiger charge is 2.38. The monoisotopic (exact) mass is 585 g/mol. The van der Waals surface area contributed by atoms with Crippen molar-refractivity contribution in [2.24, 2.45) is 35.3 Å². The quantitative estimate of drug-likeness (QED) is 0.150. The van der Waals surface area contributed by atoms with Crippen molar-refractivity contribution in [1.29, 1.82) is 0 Å². The lowest BCUT2D eigenvalue weighted by atomic mass is 9.76. The molecule has 2 saturated carbocycles. The van der Waals surface area contributed by atoms with Crippen LogP contribution < -0.4 is 11.1 Å². The zero-order valence-electron chi connectivity index (χ0n) is 25.9. The van der Waals surface area contributed by atoms with E-state index in [-0.39, 0.29) is 24.0 Å². The van der Waals surface area contributed by atoms with E-state index in [0.29, 0.717) is 69.3 Å². The molecule has 0 aromatic rings. The molecule has 0 radical (unpaired) electrons. The van der Waals surface area contributed by atoms with E-state index in [0.717, 1.165) is 51.5 Å². The summed E-state index contributed by atoms with van der Waals surface area (Å²) in [6.07, 6.45) is 7.04. The molecule has 9 heteroatoms. The van der Waals surface area contributed by atoms with E-state index in [1.54, 1.807) is 7.11 Å². The van der Waals surface area contributed by atoms with E-state index in [1.165, 1.54) is 0 Å². The Labute approximate surface area is 247 Å². The molecule has 9 unspecified atom stereocenters. The van der Waals surface area contributed by atoms with Crippen LogP contribution in [0.2, 0.25) is 0 Å². The minimum Gasteiger partial charge on any atom is -0.392 e. The highest BCUT2D eigenvalue weighted by Crippen LogP contribution is 2.35. The molecule has 3 rings (SSSR count). The van der Waals surface area contributed by atoms with E-state index in [4.69, 9.17) is 15.2 Å². The van der Waals surface area contributed by atoms with Crippen LogP contribution in [0.1, 0.15) is 104 Å². The standard InChI is InChI=1S/C32H60N2O7/c1-20(2)5-4-14-41-30-18-22(16-28(38)32(30)39)8-10-26(36)24(15-23-12-13-34-31(33)19-23)25(35)9-6-21-7-11-27(37)29(17-21)40-3/h20-25,27-32,34-35,37-39H,4-19,33H2,1-3H3/p+1/t21?,22?,23?,24-,25-,27?,28?,29?,30?,31?,32?/m1/s1. The lowest BCUT2D eigenvalue weighted by molar-refractivity contribution is -0.699. The Morgan fingerprint density at radius 1 is 0.927 bits per heavy atom. The van der Waals surface area contributed by atoms with Crippen LogP contribution in [0.4, 0.5) is 0 Å². The topological polar surface area (TPSA) is 159 Å². The molecular weight excluding hydrogens is 524 g/mol. The first-order valence-electron chi connectivity index (χ1n) is 16.6. The Morgan fingerprint density at radius 2 is 1.68 bits per heavy atom. The molecule has 11 atom stereocenters. The van der Waals surface area contributed by atoms with Crippen molar-refractivity contribution in [3.8, 4) is 0 Å². The number of quaternary nitrogens is 1. The number of carbonyl (C=O) groups excluding carboxylic acids is 1. The predicted octanol–water partition coefficient (Wildman–Crippen LogP) is 1.87. The first kappa shape index (κ1) is 34.8. The van der Waals surface area contributed by atoms with Gasteiger partial charge in [0, 0.05) is 32.5 Å². The van der Waals surface area contributed by atoms with E-state index in [1.807, 2.05) is 0 Å². The number of Topliss-reactive ketones (excluding diaryl/α,β-unsaturated/α-hetero) is 1.